The summed E-state index contributed by atoms with van der Waals surface area (Å²) in [6.45, 7) is 3.59. The number of rotatable bonds is 8. The average Bonchev–Trinajstić information content (AvgIpc) is 3.10. The predicted molar refractivity (Wildman–Crippen MR) is 116 cm³/mol. The Morgan fingerprint density at radius 2 is 1.83 bits per heavy atom. The lowest BCUT2D eigenvalue weighted by molar-refractivity contribution is -0.890. The molecule has 2 atom stereocenters. The smallest absolute Gasteiger partial charge is 0.225 e. The normalized spacial score (nSPS) is 17.3. The number of aryl methyl sites for hydroxylation is 1. The number of carbonyl (C=O) groups is 2. The summed E-state index contributed by atoms with van der Waals surface area (Å²) in [5.74, 6) is 0.514. The van der Waals surface area contributed by atoms with Crippen molar-refractivity contribution in [1.82, 2.24) is 10.2 Å². The number of amides is 2. The minimum absolute atomic E-state index is 0.0423. The Kier molecular flexibility index (Phi) is 7.11. The monoisotopic (exact) mass is 410 g/mol. The average molecular weight is 411 g/mol. The summed E-state index contributed by atoms with van der Waals surface area (Å²) in [7, 11) is 5.79. The molecule has 2 N–H and O–H groups in total. The SMILES string of the molecule is COc1ccc([C@H](CNC(=O)[C@H]2CC(=O)N(Cc3ccc(C)cc3)C2)[NH+](C)C)cc1. The Morgan fingerprint density at radius 3 is 2.43 bits per heavy atom. The van der Waals surface area contributed by atoms with E-state index in [1.807, 2.05) is 55.5 Å². The molecular weight excluding hydrogens is 378 g/mol. The molecule has 1 saturated heterocycles. The number of nitrogens with zero attached hydrogens (tertiary/aromatic N) is 1. The summed E-state index contributed by atoms with van der Waals surface area (Å²) in [5, 5.41) is 3.08. The highest BCUT2D eigenvalue weighted by Gasteiger charge is 2.34. The van der Waals surface area contributed by atoms with Gasteiger partial charge in [-0.15, -0.1) is 0 Å². The lowest BCUT2D eigenvalue weighted by atomic mass is 10.0. The van der Waals surface area contributed by atoms with Gasteiger partial charge in [0, 0.05) is 25.1 Å². The third kappa shape index (κ3) is 5.39. The first-order chi connectivity index (χ1) is 14.4. The van der Waals surface area contributed by atoms with Gasteiger partial charge in [0.15, 0.2) is 0 Å². The Morgan fingerprint density at radius 1 is 1.17 bits per heavy atom. The van der Waals surface area contributed by atoms with Gasteiger partial charge in [-0.2, -0.15) is 0 Å². The first-order valence-corrected chi connectivity index (χ1v) is 10.4. The fourth-order valence-electron chi connectivity index (χ4n) is 3.85. The number of likely N-dealkylation sites (tertiary alicyclic amines) is 1. The second-order valence-corrected chi connectivity index (χ2v) is 8.31. The molecule has 2 aromatic carbocycles. The van der Waals surface area contributed by atoms with Crippen molar-refractivity contribution in [2.75, 3.05) is 34.3 Å². The summed E-state index contributed by atoms with van der Waals surface area (Å²) < 4.78 is 5.23. The minimum Gasteiger partial charge on any atom is -0.497 e. The molecule has 3 rings (SSSR count). The molecule has 0 bridgehead atoms. The summed E-state index contributed by atoms with van der Waals surface area (Å²) in [5.41, 5.74) is 3.42. The minimum atomic E-state index is -0.295. The molecule has 6 nitrogen and oxygen atoms in total. The van der Waals surface area contributed by atoms with E-state index in [9.17, 15) is 9.59 Å². The lowest BCUT2D eigenvalue weighted by Crippen LogP contribution is -3.07. The number of benzene rings is 2. The van der Waals surface area contributed by atoms with Crippen LogP contribution in [0, 0.1) is 12.8 Å². The quantitative estimate of drug-likeness (QED) is 0.691. The Labute approximate surface area is 178 Å². The molecule has 30 heavy (non-hydrogen) atoms. The first-order valence-electron chi connectivity index (χ1n) is 10.4. The van der Waals surface area contributed by atoms with Crippen molar-refractivity contribution in [2.24, 2.45) is 5.92 Å². The van der Waals surface area contributed by atoms with Crippen LogP contribution in [0.4, 0.5) is 0 Å². The highest BCUT2D eigenvalue weighted by atomic mass is 16.5. The van der Waals surface area contributed by atoms with Gasteiger partial charge in [-0.3, -0.25) is 9.59 Å². The van der Waals surface area contributed by atoms with Gasteiger partial charge in [0.1, 0.15) is 11.8 Å². The van der Waals surface area contributed by atoms with Crippen LogP contribution in [0.1, 0.15) is 29.2 Å². The van der Waals surface area contributed by atoms with Gasteiger partial charge in [0.25, 0.3) is 0 Å². The summed E-state index contributed by atoms with van der Waals surface area (Å²) in [4.78, 5) is 28.2. The van der Waals surface area contributed by atoms with Crippen molar-refractivity contribution in [3.05, 3.63) is 65.2 Å². The van der Waals surface area contributed by atoms with Crippen LogP contribution >= 0.6 is 0 Å². The molecule has 0 unspecified atom stereocenters. The lowest BCUT2D eigenvalue weighted by Gasteiger charge is -2.23. The molecular formula is C24H32N3O3+. The number of quaternary nitrogens is 1. The highest BCUT2D eigenvalue weighted by Crippen LogP contribution is 2.21. The van der Waals surface area contributed by atoms with Crippen LogP contribution in [0.15, 0.2) is 48.5 Å². The van der Waals surface area contributed by atoms with E-state index in [1.54, 1.807) is 12.0 Å². The number of hydrogen-bond acceptors (Lipinski definition) is 3. The molecule has 1 aliphatic rings. The van der Waals surface area contributed by atoms with Crippen molar-refractivity contribution in [3.63, 3.8) is 0 Å². The maximum absolute atomic E-state index is 12.8. The number of likely N-dealkylation sites (N-methyl/N-ethyl adjacent to an activating group) is 1. The fourth-order valence-corrected chi connectivity index (χ4v) is 3.85. The number of ether oxygens (including phenoxy) is 1. The van der Waals surface area contributed by atoms with Gasteiger partial charge in [-0.1, -0.05) is 29.8 Å². The van der Waals surface area contributed by atoms with Crippen LogP contribution in [0.5, 0.6) is 5.75 Å². The van der Waals surface area contributed by atoms with Crippen molar-refractivity contribution in [1.29, 1.82) is 0 Å². The van der Waals surface area contributed by atoms with Crippen molar-refractivity contribution < 1.29 is 19.2 Å². The van der Waals surface area contributed by atoms with Gasteiger partial charge in [0.2, 0.25) is 11.8 Å². The summed E-state index contributed by atoms with van der Waals surface area (Å²) >= 11 is 0. The number of nitrogens with one attached hydrogen (secondary N) is 2. The molecule has 6 heteroatoms. The van der Waals surface area contributed by atoms with Gasteiger partial charge < -0.3 is 19.9 Å². The van der Waals surface area contributed by atoms with E-state index >= 15 is 0 Å². The van der Waals surface area contributed by atoms with E-state index in [0.717, 1.165) is 16.9 Å². The molecule has 1 aliphatic heterocycles. The molecule has 2 amide bonds. The molecule has 160 valence electrons. The van der Waals surface area contributed by atoms with Crippen LogP contribution in [-0.2, 0) is 16.1 Å². The molecule has 1 fully saturated rings. The van der Waals surface area contributed by atoms with E-state index < -0.39 is 0 Å². The second kappa shape index (κ2) is 9.76. The van der Waals surface area contributed by atoms with Crippen molar-refractivity contribution in [2.45, 2.75) is 25.9 Å². The Bertz CT molecular complexity index is 862. The molecule has 0 aliphatic carbocycles. The largest absolute Gasteiger partial charge is 0.497 e. The van der Waals surface area contributed by atoms with Gasteiger partial charge in [-0.25, -0.2) is 0 Å². The Balaban J connectivity index is 1.56. The standard InChI is InChI=1S/C24H31N3O3/c1-17-5-7-18(8-6-17)15-27-16-20(13-23(27)28)24(29)25-14-22(26(2)3)19-9-11-21(30-4)12-10-19/h5-12,20,22H,13-16H2,1-4H3,(H,25,29)/p+1/t20-,22-/m0/s1. The van der Waals surface area contributed by atoms with E-state index in [4.69, 9.17) is 4.74 Å². The Hall–Kier alpha value is -2.86. The number of hydrogen-bond donors (Lipinski definition) is 2. The molecule has 0 radical (unpaired) electrons. The van der Waals surface area contributed by atoms with Crippen LogP contribution in [-0.4, -0.2) is 51.0 Å². The number of methoxy groups -OCH3 is 1. The van der Waals surface area contributed by atoms with Crippen LogP contribution < -0.4 is 15.0 Å². The van der Waals surface area contributed by atoms with E-state index in [1.165, 1.54) is 10.5 Å². The predicted octanol–water partition coefficient (Wildman–Crippen LogP) is 1.35. The topological polar surface area (TPSA) is 63.1 Å². The summed E-state index contributed by atoms with van der Waals surface area (Å²) in [6, 6.07) is 16.2. The van der Waals surface area contributed by atoms with Crippen LogP contribution in [0.2, 0.25) is 0 Å². The first kappa shape index (κ1) is 21.8. The maximum atomic E-state index is 12.8. The highest BCUT2D eigenvalue weighted by molar-refractivity contribution is 5.89. The maximum Gasteiger partial charge on any atom is 0.225 e. The third-order valence-electron chi connectivity index (χ3n) is 5.77. The molecule has 0 aromatic heterocycles. The fraction of sp³-hybridized carbons (Fsp3) is 0.417. The van der Waals surface area contributed by atoms with E-state index in [0.29, 0.717) is 19.6 Å². The number of carbonyl (C=O) groups excluding carboxylic acids is 2. The third-order valence-corrected chi connectivity index (χ3v) is 5.77. The molecule has 1 heterocycles. The van der Waals surface area contributed by atoms with Gasteiger partial charge in [0.05, 0.1) is 33.7 Å². The second-order valence-electron chi connectivity index (χ2n) is 8.31. The van der Waals surface area contributed by atoms with E-state index in [2.05, 4.69) is 19.4 Å². The zero-order valence-electron chi connectivity index (χ0n) is 18.3. The van der Waals surface area contributed by atoms with Crippen LogP contribution in [0.25, 0.3) is 0 Å². The molecule has 0 spiro atoms. The summed E-state index contributed by atoms with van der Waals surface area (Å²) in [6.07, 6.45) is 0.277. The van der Waals surface area contributed by atoms with Gasteiger partial charge in [-0.05, 0) is 36.8 Å². The van der Waals surface area contributed by atoms with Crippen molar-refractivity contribution >= 4 is 11.8 Å². The van der Waals surface area contributed by atoms with Crippen LogP contribution in [0.3, 0.4) is 0 Å². The van der Waals surface area contributed by atoms with Gasteiger partial charge >= 0.3 is 0 Å². The zero-order valence-corrected chi connectivity index (χ0v) is 18.3. The molecule has 2 aromatic rings. The molecule has 0 saturated carbocycles. The van der Waals surface area contributed by atoms with Crippen molar-refractivity contribution in [3.8, 4) is 5.75 Å². The zero-order chi connectivity index (χ0) is 21.7. The van der Waals surface area contributed by atoms with E-state index in [-0.39, 0.29) is 30.2 Å².